The fourth-order valence-electron chi connectivity index (χ4n) is 3.80. The molecule has 8 nitrogen and oxygen atoms in total. The molecule has 0 unspecified atom stereocenters. The number of piperidine rings is 1. The zero-order valence-corrected chi connectivity index (χ0v) is 20.7. The van der Waals surface area contributed by atoms with Crippen molar-refractivity contribution in [1.29, 1.82) is 0 Å². The molecule has 1 fully saturated rings. The fraction of sp³-hybridized carbons (Fsp3) is 0.375. The van der Waals surface area contributed by atoms with Crippen LogP contribution in [0.2, 0.25) is 10.0 Å². The van der Waals surface area contributed by atoms with E-state index in [0.717, 1.165) is 0 Å². The quantitative estimate of drug-likeness (QED) is 0.470. The molecule has 4 rings (SSSR count). The average Bonchev–Trinajstić information content (AvgIpc) is 3.13. The molecular formula is C24H29Cl2N5O3. The predicted octanol–water partition coefficient (Wildman–Crippen LogP) is 4.50. The molecule has 1 amide bonds. The van der Waals surface area contributed by atoms with Gasteiger partial charge in [-0.25, -0.2) is 9.78 Å². The van der Waals surface area contributed by atoms with Gasteiger partial charge >= 0.3 is 5.97 Å². The van der Waals surface area contributed by atoms with Crippen LogP contribution in [0.5, 0.6) is 0 Å². The Morgan fingerprint density at radius 3 is 2.41 bits per heavy atom. The number of anilines is 1. The van der Waals surface area contributed by atoms with Crippen LogP contribution in [0.15, 0.2) is 42.6 Å². The lowest BCUT2D eigenvalue weighted by Gasteiger charge is -2.32. The first-order valence-corrected chi connectivity index (χ1v) is 11.8. The molecule has 3 aromatic rings. The van der Waals surface area contributed by atoms with Crippen LogP contribution in [0.3, 0.4) is 0 Å². The van der Waals surface area contributed by atoms with Gasteiger partial charge in [-0.2, -0.15) is 0 Å². The number of carboxylic acid groups (broad SMARTS) is 1. The highest BCUT2D eigenvalue weighted by Gasteiger charge is 2.18. The highest BCUT2D eigenvalue weighted by molar-refractivity contribution is 6.31. The summed E-state index contributed by atoms with van der Waals surface area (Å²) in [5.74, 6) is -1.19. The number of halogens is 2. The summed E-state index contributed by atoms with van der Waals surface area (Å²) in [5, 5.41) is 13.6. The van der Waals surface area contributed by atoms with Gasteiger partial charge in [0.2, 0.25) is 5.91 Å². The van der Waals surface area contributed by atoms with Gasteiger partial charge in [0.25, 0.3) is 0 Å². The number of fused-ring (bicyclic) bond motifs is 1. The smallest absolute Gasteiger partial charge is 0.352 e. The molecule has 1 saturated heterocycles. The number of nitrogens with two attached hydrogens (primary N) is 1. The molecule has 0 spiro atoms. The van der Waals surface area contributed by atoms with Gasteiger partial charge in [0.1, 0.15) is 18.1 Å². The summed E-state index contributed by atoms with van der Waals surface area (Å²) in [6, 6.07) is 10.8. The molecule has 0 atom stereocenters. The lowest BCUT2D eigenvalue weighted by atomic mass is 10.1. The van der Waals surface area contributed by atoms with Gasteiger partial charge in [0.15, 0.2) is 0 Å². The van der Waals surface area contributed by atoms with E-state index in [2.05, 4.69) is 29.0 Å². The number of carbonyl (C=O) groups excluding carboxylic acids is 1. The standard InChI is InChI=1S/C16H11Cl2N3O3.C8H18N2/c17-10-1-3-12-9(5-10)6-13(16(23)24)21(12)8-15(22)20-14-4-2-11(18)7-19-14;1-7(2)10-5-3-8(9)4-6-10/h1-7H,8H2,(H,23,24)(H,19,20,22);7-8H,3-6,9H2,1-2H3. The molecule has 1 aliphatic rings. The molecule has 0 aliphatic carbocycles. The van der Waals surface area contributed by atoms with Crippen molar-refractivity contribution in [1.82, 2.24) is 14.5 Å². The van der Waals surface area contributed by atoms with Crippen molar-refractivity contribution >= 4 is 51.8 Å². The minimum absolute atomic E-state index is 0.00600. The summed E-state index contributed by atoms with van der Waals surface area (Å²) in [6.45, 7) is 6.71. The third kappa shape index (κ3) is 6.93. The second-order valence-corrected chi connectivity index (χ2v) is 9.37. The summed E-state index contributed by atoms with van der Waals surface area (Å²) in [4.78, 5) is 30.1. The molecule has 1 aliphatic heterocycles. The highest BCUT2D eigenvalue weighted by atomic mass is 35.5. The number of aromatic nitrogens is 2. The molecule has 182 valence electrons. The number of aromatic carboxylic acids is 1. The van der Waals surface area contributed by atoms with Crippen LogP contribution in [0.4, 0.5) is 5.82 Å². The molecular weight excluding hydrogens is 477 g/mol. The first kappa shape index (κ1) is 26.0. The van der Waals surface area contributed by atoms with Gasteiger partial charge in [-0.05, 0) is 76.2 Å². The number of nitrogens with one attached hydrogen (secondary N) is 1. The fourth-order valence-corrected chi connectivity index (χ4v) is 4.09. The molecule has 34 heavy (non-hydrogen) atoms. The zero-order chi connectivity index (χ0) is 24.8. The van der Waals surface area contributed by atoms with E-state index < -0.39 is 11.9 Å². The van der Waals surface area contributed by atoms with E-state index in [-0.39, 0.29) is 12.2 Å². The number of likely N-dealkylation sites (tertiary alicyclic amines) is 1. The Labute approximate surface area is 208 Å². The normalized spacial score (nSPS) is 14.6. The number of rotatable bonds is 5. The second kappa shape index (κ2) is 11.7. The van der Waals surface area contributed by atoms with Crippen molar-refractivity contribution < 1.29 is 14.7 Å². The van der Waals surface area contributed by atoms with Gasteiger partial charge in [0.05, 0.1) is 5.02 Å². The van der Waals surface area contributed by atoms with E-state index in [1.54, 1.807) is 30.3 Å². The first-order valence-electron chi connectivity index (χ1n) is 11.1. The number of nitrogens with zero attached hydrogens (tertiary/aromatic N) is 3. The van der Waals surface area contributed by atoms with Crippen LogP contribution >= 0.6 is 23.2 Å². The molecule has 0 radical (unpaired) electrons. The van der Waals surface area contributed by atoms with Crippen molar-refractivity contribution in [3.8, 4) is 0 Å². The lowest BCUT2D eigenvalue weighted by Crippen LogP contribution is -2.42. The first-order chi connectivity index (χ1) is 16.1. The van der Waals surface area contributed by atoms with Crippen molar-refractivity contribution in [3.63, 3.8) is 0 Å². The Balaban J connectivity index is 0.000000271. The summed E-state index contributed by atoms with van der Waals surface area (Å²) < 4.78 is 1.42. The maximum Gasteiger partial charge on any atom is 0.352 e. The molecule has 3 heterocycles. The minimum Gasteiger partial charge on any atom is -0.477 e. The molecule has 4 N–H and O–H groups in total. The van der Waals surface area contributed by atoms with Crippen LogP contribution in [0.1, 0.15) is 37.2 Å². The van der Waals surface area contributed by atoms with Crippen LogP contribution in [0, 0.1) is 0 Å². The topological polar surface area (TPSA) is 113 Å². The Morgan fingerprint density at radius 2 is 1.82 bits per heavy atom. The summed E-state index contributed by atoms with van der Waals surface area (Å²) >= 11 is 11.7. The third-order valence-electron chi connectivity index (χ3n) is 5.68. The monoisotopic (exact) mass is 505 g/mol. The highest BCUT2D eigenvalue weighted by Crippen LogP contribution is 2.24. The van der Waals surface area contributed by atoms with Crippen LogP contribution < -0.4 is 11.1 Å². The summed E-state index contributed by atoms with van der Waals surface area (Å²) in [7, 11) is 0. The average molecular weight is 506 g/mol. The lowest BCUT2D eigenvalue weighted by molar-refractivity contribution is -0.116. The number of benzene rings is 1. The van der Waals surface area contributed by atoms with E-state index in [1.165, 1.54) is 42.8 Å². The number of pyridine rings is 1. The molecule has 0 bridgehead atoms. The van der Waals surface area contributed by atoms with Crippen LogP contribution in [0.25, 0.3) is 10.9 Å². The van der Waals surface area contributed by atoms with Gasteiger partial charge in [0, 0.05) is 34.2 Å². The Bertz CT molecular complexity index is 1140. The van der Waals surface area contributed by atoms with Gasteiger partial charge in [-0.3, -0.25) is 4.79 Å². The van der Waals surface area contributed by atoms with Gasteiger partial charge in [-0.1, -0.05) is 23.2 Å². The minimum atomic E-state index is -1.13. The van der Waals surface area contributed by atoms with E-state index in [1.807, 2.05) is 0 Å². The van der Waals surface area contributed by atoms with Crippen LogP contribution in [-0.4, -0.2) is 56.6 Å². The molecule has 2 aromatic heterocycles. The van der Waals surface area contributed by atoms with Crippen molar-refractivity contribution in [2.45, 2.75) is 45.3 Å². The van der Waals surface area contributed by atoms with E-state index >= 15 is 0 Å². The Morgan fingerprint density at radius 1 is 1.15 bits per heavy atom. The van der Waals surface area contributed by atoms with Gasteiger partial charge in [-0.15, -0.1) is 0 Å². The van der Waals surface area contributed by atoms with Crippen molar-refractivity contribution in [2.24, 2.45) is 5.73 Å². The predicted molar refractivity (Wildman–Crippen MR) is 136 cm³/mol. The number of carbonyl (C=O) groups is 2. The third-order valence-corrected chi connectivity index (χ3v) is 6.14. The number of hydrogen-bond acceptors (Lipinski definition) is 5. The number of amides is 1. The Hall–Kier alpha value is -2.65. The number of hydrogen-bond donors (Lipinski definition) is 3. The SMILES string of the molecule is CC(C)N1CCC(N)CC1.O=C(Cn1c(C(=O)O)cc2cc(Cl)ccc21)Nc1ccc(Cl)cn1. The van der Waals surface area contributed by atoms with E-state index in [4.69, 9.17) is 28.9 Å². The maximum absolute atomic E-state index is 12.2. The molecule has 0 saturated carbocycles. The maximum atomic E-state index is 12.2. The zero-order valence-electron chi connectivity index (χ0n) is 19.2. The summed E-state index contributed by atoms with van der Waals surface area (Å²) in [6.07, 6.45) is 3.77. The largest absolute Gasteiger partial charge is 0.477 e. The Kier molecular flexibility index (Phi) is 8.90. The summed E-state index contributed by atoms with van der Waals surface area (Å²) in [5.41, 5.74) is 6.38. The molecule has 10 heteroatoms. The number of carboxylic acids is 1. The van der Waals surface area contributed by atoms with E-state index in [9.17, 15) is 14.7 Å². The van der Waals surface area contributed by atoms with Gasteiger partial charge < -0.3 is 25.6 Å². The second-order valence-electron chi connectivity index (χ2n) is 8.50. The van der Waals surface area contributed by atoms with Crippen LogP contribution in [-0.2, 0) is 11.3 Å². The van der Waals surface area contributed by atoms with Crippen molar-refractivity contribution in [3.05, 3.63) is 58.3 Å². The van der Waals surface area contributed by atoms with Crippen molar-refractivity contribution in [2.75, 3.05) is 18.4 Å². The molecule has 1 aromatic carbocycles. The van der Waals surface area contributed by atoms with E-state index in [0.29, 0.717) is 38.8 Å².